The molecule has 2 aromatic heterocycles. The van der Waals surface area contributed by atoms with Crippen LogP contribution in [0.1, 0.15) is 18.3 Å². The van der Waals surface area contributed by atoms with E-state index in [9.17, 15) is 14.5 Å². The molecule has 0 bridgehead atoms. The molecule has 0 saturated heterocycles. The zero-order valence-electron chi connectivity index (χ0n) is 13.3. The van der Waals surface area contributed by atoms with E-state index in [2.05, 4.69) is 10.1 Å². The molecule has 0 radical (unpaired) electrons. The second kappa shape index (κ2) is 6.07. The van der Waals surface area contributed by atoms with Gasteiger partial charge in [-0.2, -0.15) is 4.68 Å². The maximum absolute atomic E-state index is 12.6. The molecule has 0 atom stereocenters. The van der Waals surface area contributed by atoms with E-state index in [0.717, 1.165) is 10.1 Å². The van der Waals surface area contributed by atoms with Crippen LogP contribution < -0.4 is 15.7 Å². The Hall–Kier alpha value is -3.29. The lowest BCUT2D eigenvalue weighted by Crippen LogP contribution is -2.40. The van der Waals surface area contributed by atoms with Crippen LogP contribution in [0.4, 0.5) is 0 Å². The Bertz CT molecular complexity index is 1110. The number of aromatic nitrogens is 5. The fourth-order valence-electron chi connectivity index (χ4n) is 2.36. The normalized spacial score (nSPS) is 11.4. The fraction of sp³-hybridized carbons (Fsp3) is 0.188. The van der Waals surface area contributed by atoms with Gasteiger partial charge in [0.25, 0.3) is 5.52 Å². The Morgan fingerprint density at radius 3 is 2.58 bits per heavy atom. The Balaban J connectivity index is 2.29. The van der Waals surface area contributed by atoms with E-state index in [4.69, 9.17) is 0 Å². The third-order valence-electron chi connectivity index (χ3n) is 3.68. The van der Waals surface area contributed by atoms with Gasteiger partial charge < -0.3 is 0 Å². The summed E-state index contributed by atoms with van der Waals surface area (Å²) in [6.45, 7) is 2.20. The van der Waals surface area contributed by atoms with Crippen molar-refractivity contribution in [1.82, 2.24) is 19.3 Å². The van der Waals surface area contributed by atoms with Gasteiger partial charge in [-0.1, -0.05) is 35.2 Å². The highest BCUT2D eigenvalue weighted by Crippen LogP contribution is 2.05. The molecular formula is C16H16N5O3+. The van der Waals surface area contributed by atoms with Crippen LogP contribution in [-0.4, -0.2) is 19.3 Å². The van der Waals surface area contributed by atoms with E-state index >= 15 is 0 Å². The molecule has 1 N–H and O–H groups in total. The number of aromatic amines is 1. The van der Waals surface area contributed by atoms with Crippen LogP contribution in [0, 0.1) is 4.91 Å². The Labute approximate surface area is 135 Å². The molecule has 0 aliphatic rings. The lowest BCUT2D eigenvalue weighted by Gasteiger charge is -2.01. The van der Waals surface area contributed by atoms with Crippen molar-refractivity contribution in [2.24, 2.45) is 7.05 Å². The molecule has 122 valence electrons. The first kappa shape index (κ1) is 15.6. The van der Waals surface area contributed by atoms with E-state index in [1.54, 1.807) is 12.2 Å². The summed E-state index contributed by atoms with van der Waals surface area (Å²) in [4.78, 5) is 39.2. The summed E-state index contributed by atoms with van der Waals surface area (Å²) in [5, 5.41) is 4.21. The van der Waals surface area contributed by atoms with Gasteiger partial charge in [-0.25, -0.2) is 4.79 Å². The van der Waals surface area contributed by atoms with Gasteiger partial charge in [0.15, 0.2) is 0 Å². The Kier molecular flexibility index (Phi) is 3.95. The molecule has 1 aromatic carbocycles. The number of rotatable bonds is 3. The standard InChI is InChI=1S/C16H15N5O3/c1-3-20-14-13(15(22)19(2)16(23)17-14)21(24)12(18-20)10-9-11-7-5-4-6-8-11/h4-10H,3H2,1-2H3/p+1/b10-9+. The molecule has 2 heterocycles. The van der Waals surface area contributed by atoms with E-state index < -0.39 is 11.2 Å². The molecule has 0 fully saturated rings. The van der Waals surface area contributed by atoms with E-state index in [0.29, 0.717) is 11.0 Å². The maximum Gasteiger partial charge on any atom is 0.392 e. The minimum Gasteiger partial charge on any atom is -0.287 e. The summed E-state index contributed by atoms with van der Waals surface area (Å²) in [5.41, 5.74) is -0.400. The zero-order chi connectivity index (χ0) is 17.3. The first-order valence-corrected chi connectivity index (χ1v) is 7.42. The number of fused-ring (bicyclic) bond motifs is 1. The number of hydrogen-bond acceptors (Lipinski definition) is 4. The second-order valence-corrected chi connectivity index (χ2v) is 5.20. The summed E-state index contributed by atoms with van der Waals surface area (Å²) in [7, 11) is 1.32. The Morgan fingerprint density at radius 1 is 1.21 bits per heavy atom. The van der Waals surface area contributed by atoms with Crippen molar-refractivity contribution in [3.63, 3.8) is 0 Å². The monoisotopic (exact) mass is 326 g/mol. The predicted molar refractivity (Wildman–Crippen MR) is 90.0 cm³/mol. The number of nitrogens with one attached hydrogen (secondary N) is 1. The largest absolute Gasteiger partial charge is 0.392 e. The van der Waals surface area contributed by atoms with Crippen molar-refractivity contribution in [3.8, 4) is 0 Å². The lowest BCUT2D eigenvalue weighted by molar-refractivity contribution is -0.473. The number of hydrogen-bond donors (Lipinski definition) is 1. The smallest absolute Gasteiger partial charge is 0.287 e. The van der Waals surface area contributed by atoms with Gasteiger partial charge in [-0.05, 0) is 18.6 Å². The molecule has 3 aromatic rings. The summed E-state index contributed by atoms with van der Waals surface area (Å²) < 4.78 is 2.73. The summed E-state index contributed by atoms with van der Waals surface area (Å²) in [6, 6.07) is 9.43. The first-order valence-electron chi connectivity index (χ1n) is 7.42. The SMILES string of the molecule is CCn1nc(/C=C/c2ccccc2)[n+](=O)c2c(=O)n(C)c(=O)[nH]c21. The molecule has 0 amide bonds. The van der Waals surface area contributed by atoms with Crippen molar-refractivity contribution < 1.29 is 4.43 Å². The van der Waals surface area contributed by atoms with Crippen molar-refractivity contribution >= 4 is 23.3 Å². The van der Waals surface area contributed by atoms with Crippen LogP contribution in [0.25, 0.3) is 23.3 Å². The number of aryl methyl sites for hydroxylation is 1. The molecule has 3 rings (SSSR count). The maximum atomic E-state index is 12.6. The van der Waals surface area contributed by atoms with Crippen LogP contribution in [0.15, 0.2) is 39.9 Å². The van der Waals surface area contributed by atoms with E-state index in [1.165, 1.54) is 11.7 Å². The van der Waals surface area contributed by atoms with Crippen molar-refractivity contribution in [3.05, 3.63) is 67.5 Å². The lowest BCUT2D eigenvalue weighted by atomic mass is 10.2. The third kappa shape index (κ3) is 2.58. The van der Waals surface area contributed by atoms with Gasteiger partial charge in [0.1, 0.15) is 0 Å². The Morgan fingerprint density at radius 2 is 1.92 bits per heavy atom. The van der Waals surface area contributed by atoms with Crippen LogP contribution >= 0.6 is 0 Å². The predicted octanol–water partition coefficient (Wildman–Crippen LogP) is 0.528. The molecule has 0 spiro atoms. The quantitative estimate of drug-likeness (QED) is 0.710. The van der Waals surface area contributed by atoms with Gasteiger partial charge in [0, 0.05) is 17.6 Å². The fourth-order valence-corrected chi connectivity index (χ4v) is 2.36. The molecule has 0 aliphatic heterocycles. The van der Waals surface area contributed by atoms with E-state index in [1.807, 2.05) is 37.3 Å². The van der Waals surface area contributed by atoms with Crippen LogP contribution in [0.2, 0.25) is 0 Å². The number of H-pyrrole nitrogens is 1. The van der Waals surface area contributed by atoms with Crippen LogP contribution in [-0.2, 0) is 13.6 Å². The van der Waals surface area contributed by atoms with Crippen LogP contribution in [0.3, 0.4) is 0 Å². The highest BCUT2D eigenvalue weighted by molar-refractivity contribution is 5.68. The molecule has 8 heteroatoms. The second-order valence-electron chi connectivity index (χ2n) is 5.20. The van der Waals surface area contributed by atoms with Crippen molar-refractivity contribution in [2.75, 3.05) is 0 Å². The van der Waals surface area contributed by atoms with Crippen LogP contribution in [0.5, 0.6) is 0 Å². The molecule has 0 unspecified atom stereocenters. The molecule has 8 nitrogen and oxygen atoms in total. The summed E-state index contributed by atoms with van der Waals surface area (Å²) >= 11 is 0. The van der Waals surface area contributed by atoms with E-state index in [-0.39, 0.29) is 17.0 Å². The summed E-state index contributed by atoms with van der Waals surface area (Å²) in [6.07, 6.45) is 3.28. The number of benzene rings is 1. The summed E-state index contributed by atoms with van der Waals surface area (Å²) in [5.74, 6) is 0.0670. The minimum absolute atomic E-state index is 0.0670. The molecule has 24 heavy (non-hydrogen) atoms. The molecule has 0 saturated carbocycles. The zero-order valence-corrected chi connectivity index (χ0v) is 13.3. The average Bonchev–Trinajstić information content (AvgIpc) is 2.60. The van der Waals surface area contributed by atoms with Gasteiger partial charge in [0.2, 0.25) is 5.65 Å². The topological polar surface area (TPSA) is 95.7 Å². The average molecular weight is 326 g/mol. The molecule has 0 aliphatic carbocycles. The van der Waals surface area contributed by atoms with Gasteiger partial charge in [0.05, 0.1) is 11.6 Å². The van der Waals surface area contributed by atoms with Gasteiger partial charge in [-0.3, -0.25) is 14.3 Å². The first-order chi connectivity index (χ1) is 11.5. The number of nitrogens with zero attached hydrogens (tertiary/aromatic N) is 4. The van der Waals surface area contributed by atoms with Crippen molar-refractivity contribution in [2.45, 2.75) is 13.5 Å². The van der Waals surface area contributed by atoms with Gasteiger partial charge >= 0.3 is 17.1 Å². The minimum atomic E-state index is -0.664. The van der Waals surface area contributed by atoms with Gasteiger partial charge in [-0.15, -0.1) is 0 Å². The molecular weight excluding hydrogens is 310 g/mol. The highest BCUT2D eigenvalue weighted by Gasteiger charge is 2.22. The highest BCUT2D eigenvalue weighted by atomic mass is 16.3. The third-order valence-corrected chi connectivity index (χ3v) is 3.68. The van der Waals surface area contributed by atoms with Crippen molar-refractivity contribution in [1.29, 1.82) is 0 Å².